The van der Waals surface area contributed by atoms with Crippen LogP contribution < -0.4 is 5.32 Å². The molecule has 140 valence electrons. The van der Waals surface area contributed by atoms with Crippen molar-refractivity contribution in [1.29, 1.82) is 0 Å². The summed E-state index contributed by atoms with van der Waals surface area (Å²) in [6, 6.07) is 6.72. The van der Waals surface area contributed by atoms with Gasteiger partial charge in [-0.15, -0.1) is 11.3 Å². The molecule has 1 aliphatic heterocycles. The number of carbonyl (C=O) groups is 1. The van der Waals surface area contributed by atoms with Crippen molar-refractivity contribution in [3.05, 3.63) is 51.2 Å². The quantitative estimate of drug-likeness (QED) is 0.850. The molecule has 3 rings (SSSR count). The summed E-state index contributed by atoms with van der Waals surface area (Å²) in [4.78, 5) is 20.0. The number of nitrogens with zero attached hydrogens (tertiary/aromatic N) is 2. The van der Waals surface area contributed by atoms with Gasteiger partial charge in [-0.2, -0.15) is 0 Å². The van der Waals surface area contributed by atoms with Gasteiger partial charge in [0.15, 0.2) is 0 Å². The molecule has 26 heavy (non-hydrogen) atoms. The van der Waals surface area contributed by atoms with E-state index in [9.17, 15) is 9.18 Å². The van der Waals surface area contributed by atoms with Gasteiger partial charge in [0.25, 0.3) is 5.91 Å². The zero-order valence-corrected chi connectivity index (χ0v) is 16.2. The first kappa shape index (κ1) is 19.0. The van der Waals surface area contributed by atoms with E-state index in [1.807, 2.05) is 26.0 Å². The molecule has 0 saturated carbocycles. The van der Waals surface area contributed by atoms with Crippen LogP contribution in [0.2, 0.25) is 0 Å². The Kier molecular flexibility index (Phi) is 6.38. The number of nitrogens with one attached hydrogen (secondary N) is 1. The minimum absolute atomic E-state index is 0.0620. The van der Waals surface area contributed by atoms with Gasteiger partial charge in [0, 0.05) is 6.54 Å². The lowest BCUT2D eigenvalue weighted by molar-refractivity contribution is 0.0936. The summed E-state index contributed by atoms with van der Waals surface area (Å²) < 4.78 is 13.4. The number of aromatic nitrogens is 1. The molecule has 2 heterocycles. The maximum atomic E-state index is 13.4. The monoisotopic (exact) mass is 375 g/mol. The van der Waals surface area contributed by atoms with E-state index in [1.165, 1.54) is 49.2 Å². The molecule has 4 nitrogen and oxygen atoms in total. The van der Waals surface area contributed by atoms with Gasteiger partial charge in [0.2, 0.25) is 0 Å². The first-order valence-electron chi connectivity index (χ1n) is 9.26. The van der Waals surface area contributed by atoms with Crippen LogP contribution in [-0.4, -0.2) is 35.4 Å². The topological polar surface area (TPSA) is 45.2 Å². The zero-order valence-electron chi connectivity index (χ0n) is 15.4. The van der Waals surface area contributed by atoms with Gasteiger partial charge in [-0.1, -0.05) is 25.0 Å². The summed E-state index contributed by atoms with van der Waals surface area (Å²) in [6.07, 6.45) is 4.83. The molecule has 2 aromatic rings. The van der Waals surface area contributed by atoms with Gasteiger partial charge in [-0.3, -0.25) is 9.69 Å². The summed E-state index contributed by atoms with van der Waals surface area (Å²) in [5.41, 5.74) is 1.82. The van der Waals surface area contributed by atoms with Gasteiger partial charge >= 0.3 is 0 Å². The van der Waals surface area contributed by atoms with Crippen molar-refractivity contribution in [3.63, 3.8) is 0 Å². The Labute approximate surface area is 158 Å². The third-order valence-electron chi connectivity index (χ3n) is 4.90. The van der Waals surface area contributed by atoms with Gasteiger partial charge in [-0.05, 0) is 57.5 Å². The van der Waals surface area contributed by atoms with E-state index >= 15 is 0 Å². The smallest absolute Gasteiger partial charge is 0.263 e. The molecule has 1 amide bonds. The highest BCUT2D eigenvalue weighted by Crippen LogP contribution is 2.25. The van der Waals surface area contributed by atoms with Crippen LogP contribution in [0.3, 0.4) is 0 Å². The number of likely N-dealkylation sites (tertiary alicyclic amines) is 1. The zero-order chi connectivity index (χ0) is 18.5. The van der Waals surface area contributed by atoms with E-state index in [0.29, 0.717) is 11.4 Å². The highest BCUT2D eigenvalue weighted by Gasteiger charge is 2.23. The fourth-order valence-corrected chi connectivity index (χ4v) is 4.40. The average Bonchev–Trinajstić information content (AvgIpc) is 2.82. The predicted octanol–water partition coefficient (Wildman–Crippen LogP) is 4.25. The number of halogens is 1. The molecule has 0 spiro atoms. The molecular weight excluding hydrogens is 349 g/mol. The first-order valence-corrected chi connectivity index (χ1v) is 10.1. The number of thiazole rings is 1. The molecule has 6 heteroatoms. The second kappa shape index (κ2) is 8.73. The fraction of sp³-hybridized carbons (Fsp3) is 0.500. The van der Waals surface area contributed by atoms with Gasteiger partial charge < -0.3 is 5.32 Å². The molecule has 1 aliphatic rings. The molecule has 1 aromatic heterocycles. The summed E-state index contributed by atoms with van der Waals surface area (Å²) in [7, 11) is 0. The summed E-state index contributed by atoms with van der Waals surface area (Å²) in [5.74, 6) is -0.307. The summed E-state index contributed by atoms with van der Waals surface area (Å²) in [6.45, 7) is 6.31. The minimum atomic E-state index is -0.233. The van der Waals surface area contributed by atoms with Crippen LogP contribution in [0.1, 0.15) is 57.7 Å². The highest BCUT2D eigenvalue weighted by atomic mass is 32.1. The molecule has 1 fully saturated rings. The lowest BCUT2D eigenvalue weighted by atomic mass is 10.0. The standard InChI is InChI=1S/C20H26FN3OS/c1-14-19(26-15(2)23-14)20(25)22-13-18(16-7-9-17(21)10-8-16)24-11-5-3-4-6-12-24/h7-10,18H,3-6,11-13H2,1-2H3,(H,22,25). The number of hydrogen-bond donors (Lipinski definition) is 1. The van der Waals surface area contributed by atoms with Gasteiger partial charge in [0.1, 0.15) is 10.7 Å². The second-order valence-electron chi connectivity index (χ2n) is 6.87. The van der Waals surface area contributed by atoms with Crippen LogP contribution in [0.25, 0.3) is 0 Å². The van der Waals surface area contributed by atoms with Crippen LogP contribution in [-0.2, 0) is 0 Å². The summed E-state index contributed by atoms with van der Waals surface area (Å²) in [5, 5.41) is 3.98. The number of benzene rings is 1. The largest absolute Gasteiger partial charge is 0.349 e. The lowest BCUT2D eigenvalue weighted by Crippen LogP contribution is -2.38. The third-order valence-corrected chi connectivity index (χ3v) is 5.97. The summed E-state index contributed by atoms with van der Waals surface area (Å²) >= 11 is 1.42. The Morgan fingerprint density at radius 2 is 1.85 bits per heavy atom. The van der Waals surface area contributed by atoms with Crippen molar-refractivity contribution in [1.82, 2.24) is 15.2 Å². The Morgan fingerprint density at radius 3 is 2.42 bits per heavy atom. The molecule has 1 N–H and O–H groups in total. The molecule has 0 aliphatic carbocycles. The average molecular weight is 376 g/mol. The maximum absolute atomic E-state index is 13.4. The number of aryl methyl sites for hydroxylation is 2. The Hall–Kier alpha value is -1.79. The molecule has 0 bridgehead atoms. The van der Waals surface area contributed by atoms with Crippen molar-refractivity contribution < 1.29 is 9.18 Å². The Morgan fingerprint density at radius 1 is 1.19 bits per heavy atom. The van der Waals surface area contributed by atoms with Crippen LogP contribution in [0, 0.1) is 19.7 Å². The van der Waals surface area contributed by atoms with Crippen molar-refractivity contribution >= 4 is 17.2 Å². The van der Waals surface area contributed by atoms with Crippen LogP contribution >= 0.6 is 11.3 Å². The molecule has 1 unspecified atom stereocenters. The number of carbonyl (C=O) groups excluding carboxylic acids is 1. The molecule has 1 atom stereocenters. The first-order chi connectivity index (χ1) is 12.5. The van der Waals surface area contributed by atoms with E-state index in [2.05, 4.69) is 15.2 Å². The minimum Gasteiger partial charge on any atom is -0.349 e. The van der Waals surface area contributed by atoms with Crippen molar-refractivity contribution in [2.75, 3.05) is 19.6 Å². The second-order valence-corrected chi connectivity index (χ2v) is 8.08. The van der Waals surface area contributed by atoms with E-state index < -0.39 is 0 Å². The van der Waals surface area contributed by atoms with Crippen LogP contribution in [0.15, 0.2) is 24.3 Å². The third kappa shape index (κ3) is 4.68. The molecule has 1 aromatic carbocycles. The number of rotatable bonds is 5. The van der Waals surface area contributed by atoms with E-state index in [4.69, 9.17) is 0 Å². The lowest BCUT2D eigenvalue weighted by Gasteiger charge is -2.31. The molecular formula is C20H26FN3OS. The highest BCUT2D eigenvalue weighted by molar-refractivity contribution is 7.13. The van der Waals surface area contributed by atoms with Crippen LogP contribution in [0.5, 0.6) is 0 Å². The Bertz CT molecular complexity index is 736. The van der Waals surface area contributed by atoms with Crippen molar-refractivity contribution in [2.45, 2.75) is 45.6 Å². The maximum Gasteiger partial charge on any atom is 0.263 e. The SMILES string of the molecule is Cc1nc(C)c(C(=O)NCC(c2ccc(F)cc2)N2CCCCCC2)s1. The van der Waals surface area contributed by atoms with Crippen molar-refractivity contribution in [2.24, 2.45) is 0 Å². The van der Waals surface area contributed by atoms with E-state index in [1.54, 1.807) is 0 Å². The predicted molar refractivity (Wildman–Crippen MR) is 103 cm³/mol. The molecule has 1 saturated heterocycles. The van der Waals surface area contributed by atoms with Gasteiger partial charge in [-0.25, -0.2) is 9.37 Å². The van der Waals surface area contributed by atoms with Gasteiger partial charge in [0.05, 0.1) is 16.7 Å². The fourth-order valence-electron chi connectivity index (χ4n) is 3.56. The normalized spacial score (nSPS) is 16.9. The van der Waals surface area contributed by atoms with Crippen LogP contribution in [0.4, 0.5) is 4.39 Å². The Balaban J connectivity index is 1.75. The van der Waals surface area contributed by atoms with E-state index in [0.717, 1.165) is 29.4 Å². The van der Waals surface area contributed by atoms with E-state index in [-0.39, 0.29) is 17.8 Å². The number of amides is 1. The molecule has 0 radical (unpaired) electrons. The van der Waals surface area contributed by atoms with Crippen molar-refractivity contribution in [3.8, 4) is 0 Å². The number of hydrogen-bond acceptors (Lipinski definition) is 4.